The first-order valence-corrected chi connectivity index (χ1v) is 9.71. The van der Waals surface area contributed by atoms with Gasteiger partial charge in [-0.2, -0.15) is 0 Å². The molecule has 0 unspecified atom stereocenters. The van der Waals surface area contributed by atoms with Crippen molar-refractivity contribution >= 4 is 44.8 Å². The number of benzene rings is 2. The Balaban J connectivity index is 2.10. The summed E-state index contributed by atoms with van der Waals surface area (Å²) in [4.78, 5) is 12.1. The number of hydrogen-bond acceptors (Lipinski definition) is 4. The first-order valence-electron chi connectivity index (χ1n) is 7.52. The maximum atomic E-state index is 12.2. The molecule has 0 aliphatic heterocycles. The molecule has 1 N–H and O–H groups in total. The molecule has 0 atom stereocenters. The third kappa shape index (κ3) is 4.88. The van der Waals surface area contributed by atoms with E-state index in [-0.39, 0.29) is 22.2 Å². The van der Waals surface area contributed by atoms with Crippen LogP contribution < -0.4 is 10.1 Å². The molecule has 0 saturated carbocycles. The molecular weight excluding hydrogens is 399 g/mol. The van der Waals surface area contributed by atoms with Gasteiger partial charge in [0.25, 0.3) is 5.91 Å². The summed E-state index contributed by atoms with van der Waals surface area (Å²) in [6.07, 6.45) is 0. The summed E-state index contributed by atoms with van der Waals surface area (Å²) in [7, 11) is -0.795. The Labute approximate surface area is 162 Å². The summed E-state index contributed by atoms with van der Waals surface area (Å²) in [5.41, 5.74) is 1.02. The Kier molecular flexibility index (Phi) is 6.52. The lowest BCUT2D eigenvalue weighted by Crippen LogP contribution is -2.23. The van der Waals surface area contributed by atoms with E-state index < -0.39 is 15.9 Å². The first kappa shape index (κ1) is 20.5. The lowest BCUT2D eigenvalue weighted by atomic mass is 10.2. The minimum Gasteiger partial charge on any atom is -0.484 e. The minimum atomic E-state index is -3.64. The molecule has 9 heteroatoms. The molecule has 1 amide bonds. The molecule has 6 nitrogen and oxygen atoms in total. The number of carbonyl (C=O) groups is 1. The topological polar surface area (TPSA) is 75.7 Å². The zero-order valence-electron chi connectivity index (χ0n) is 14.4. The molecule has 0 radical (unpaired) electrons. The Morgan fingerprint density at radius 2 is 1.77 bits per heavy atom. The number of halogens is 2. The third-order valence-corrected chi connectivity index (χ3v) is 6.05. The number of anilines is 1. The Bertz CT molecular complexity index is 930. The van der Waals surface area contributed by atoms with Crippen LogP contribution in [-0.2, 0) is 14.8 Å². The van der Waals surface area contributed by atoms with Crippen molar-refractivity contribution in [2.75, 3.05) is 26.0 Å². The zero-order valence-corrected chi connectivity index (χ0v) is 16.7. The number of carbonyl (C=O) groups excluding carboxylic acids is 1. The van der Waals surface area contributed by atoms with Crippen molar-refractivity contribution in [1.29, 1.82) is 0 Å². The maximum absolute atomic E-state index is 12.2. The fraction of sp³-hybridized carbons (Fsp3) is 0.235. The smallest absolute Gasteiger partial charge is 0.262 e. The monoisotopic (exact) mass is 416 g/mol. The molecule has 2 rings (SSSR count). The van der Waals surface area contributed by atoms with Crippen LogP contribution in [0.4, 0.5) is 5.69 Å². The zero-order chi connectivity index (χ0) is 19.5. The van der Waals surface area contributed by atoms with Crippen LogP contribution in [-0.4, -0.2) is 39.3 Å². The number of sulfonamides is 1. The van der Waals surface area contributed by atoms with Gasteiger partial charge in [0.05, 0.1) is 15.6 Å². The summed E-state index contributed by atoms with van der Waals surface area (Å²) in [6.45, 7) is 1.56. The highest BCUT2D eigenvalue weighted by molar-refractivity contribution is 7.89. The van der Waals surface area contributed by atoms with Crippen LogP contribution >= 0.6 is 23.2 Å². The highest BCUT2D eigenvalue weighted by atomic mass is 35.5. The molecule has 26 heavy (non-hydrogen) atoms. The lowest BCUT2D eigenvalue weighted by Gasteiger charge is -2.14. The van der Waals surface area contributed by atoms with E-state index in [0.29, 0.717) is 10.8 Å². The summed E-state index contributed by atoms with van der Waals surface area (Å²) >= 11 is 12.0. The van der Waals surface area contributed by atoms with Crippen molar-refractivity contribution < 1.29 is 17.9 Å². The average Bonchev–Trinajstić information content (AvgIpc) is 2.57. The van der Waals surface area contributed by atoms with E-state index in [1.807, 2.05) is 6.92 Å². The highest BCUT2D eigenvalue weighted by Gasteiger charge is 2.19. The largest absolute Gasteiger partial charge is 0.484 e. The van der Waals surface area contributed by atoms with Crippen LogP contribution in [0.1, 0.15) is 5.56 Å². The van der Waals surface area contributed by atoms with Crippen LogP contribution in [0.25, 0.3) is 0 Å². The number of nitrogens with one attached hydrogen (secondary N) is 1. The first-order chi connectivity index (χ1) is 12.1. The molecule has 0 aliphatic carbocycles. The van der Waals surface area contributed by atoms with Crippen LogP contribution in [0.2, 0.25) is 10.0 Å². The molecule has 0 fully saturated rings. The number of hydrogen-bond donors (Lipinski definition) is 1. The van der Waals surface area contributed by atoms with Gasteiger partial charge in [-0.05, 0) is 48.9 Å². The number of nitrogens with zero attached hydrogens (tertiary/aromatic N) is 1. The van der Waals surface area contributed by atoms with Gasteiger partial charge in [-0.15, -0.1) is 0 Å². The molecule has 2 aromatic carbocycles. The van der Waals surface area contributed by atoms with Crippen molar-refractivity contribution in [3.05, 3.63) is 52.0 Å². The lowest BCUT2D eigenvalue weighted by molar-refractivity contribution is -0.118. The second-order valence-corrected chi connectivity index (χ2v) is 8.64. The Morgan fingerprint density at radius 3 is 2.38 bits per heavy atom. The molecule has 2 aromatic rings. The molecule has 0 aliphatic rings. The van der Waals surface area contributed by atoms with Gasteiger partial charge in [0.2, 0.25) is 10.0 Å². The fourth-order valence-electron chi connectivity index (χ4n) is 2.01. The van der Waals surface area contributed by atoms with E-state index in [1.165, 1.54) is 32.3 Å². The van der Waals surface area contributed by atoms with Crippen LogP contribution in [0.5, 0.6) is 5.75 Å². The van der Waals surface area contributed by atoms with Crippen LogP contribution in [0.15, 0.2) is 41.3 Å². The van der Waals surface area contributed by atoms with E-state index in [1.54, 1.807) is 18.2 Å². The number of aryl methyl sites for hydroxylation is 1. The van der Waals surface area contributed by atoms with Gasteiger partial charge in [-0.25, -0.2) is 12.7 Å². The van der Waals surface area contributed by atoms with Crippen molar-refractivity contribution in [3.63, 3.8) is 0 Å². The minimum absolute atomic E-state index is 0.0245. The van der Waals surface area contributed by atoms with Crippen molar-refractivity contribution in [2.45, 2.75) is 11.8 Å². The molecular formula is C17H18Cl2N2O4S. The second-order valence-electron chi connectivity index (χ2n) is 5.68. The number of amides is 1. The molecule has 0 spiro atoms. The second kappa shape index (κ2) is 8.26. The van der Waals surface area contributed by atoms with Crippen LogP contribution in [0.3, 0.4) is 0 Å². The van der Waals surface area contributed by atoms with E-state index >= 15 is 0 Å². The molecule has 0 aromatic heterocycles. The maximum Gasteiger partial charge on any atom is 0.262 e. The van der Waals surface area contributed by atoms with Gasteiger partial charge in [-0.1, -0.05) is 23.2 Å². The van der Waals surface area contributed by atoms with Gasteiger partial charge >= 0.3 is 0 Å². The normalized spacial score (nSPS) is 11.5. The Hall–Kier alpha value is -1.80. The summed E-state index contributed by atoms with van der Waals surface area (Å²) < 4.78 is 30.9. The van der Waals surface area contributed by atoms with Crippen molar-refractivity contribution in [3.8, 4) is 5.75 Å². The van der Waals surface area contributed by atoms with Crippen molar-refractivity contribution in [1.82, 2.24) is 4.31 Å². The summed E-state index contributed by atoms with van der Waals surface area (Å²) in [5, 5.41) is 3.38. The van der Waals surface area contributed by atoms with Gasteiger partial charge in [0, 0.05) is 19.1 Å². The SMILES string of the molecule is Cc1cc(OCC(=O)Nc2cc(S(=O)(=O)N(C)C)ccc2Cl)ccc1Cl. The van der Waals surface area contributed by atoms with Crippen molar-refractivity contribution in [2.24, 2.45) is 0 Å². The quantitative estimate of drug-likeness (QED) is 0.780. The van der Waals surface area contributed by atoms with Gasteiger partial charge < -0.3 is 10.1 Å². The highest BCUT2D eigenvalue weighted by Crippen LogP contribution is 2.26. The van der Waals surface area contributed by atoms with Gasteiger partial charge in [0.1, 0.15) is 5.75 Å². The number of rotatable bonds is 6. The van der Waals surface area contributed by atoms with Gasteiger partial charge in [-0.3, -0.25) is 4.79 Å². The molecule has 140 valence electrons. The summed E-state index contributed by atoms with van der Waals surface area (Å²) in [5.74, 6) is 0.0241. The van der Waals surface area contributed by atoms with E-state index in [4.69, 9.17) is 27.9 Å². The standard InChI is InChI=1S/C17H18Cl2N2O4S/c1-11-8-12(4-6-14(11)18)25-10-17(22)20-16-9-13(5-7-15(16)19)26(23,24)21(2)3/h4-9H,10H2,1-3H3,(H,20,22). The van der Waals surface area contributed by atoms with E-state index in [9.17, 15) is 13.2 Å². The van der Waals surface area contributed by atoms with E-state index in [2.05, 4.69) is 5.32 Å². The Morgan fingerprint density at radius 1 is 1.12 bits per heavy atom. The predicted octanol–water partition coefficient (Wildman–Crippen LogP) is 3.57. The fourth-order valence-corrected chi connectivity index (χ4v) is 3.22. The van der Waals surface area contributed by atoms with E-state index in [0.717, 1.165) is 9.87 Å². The summed E-state index contributed by atoms with van der Waals surface area (Å²) in [6, 6.07) is 9.14. The third-order valence-electron chi connectivity index (χ3n) is 3.49. The van der Waals surface area contributed by atoms with Crippen LogP contribution in [0, 0.1) is 6.92 Å². The molecule has 0 heterocycles. The number of ether oxygens (including phenoxy) is 1. The predicted molar refractivity (Wildman–Crippen MR) is 103 cm³/mol. The van der Waals surface area contributed by atoms with Gasteiger partial charge in [0.15, 0.2) is 6.61 Å². The average molecular weight is 417 g/mol. The molecule has 0 saturated heterocycles. The molecule has 0 bridgehead atoms.